The van der Waals surface area contributed by atoms with Crippen molar-refractivity contribution in [1.29, 1.82) is 0 Å². The van der Waals surface area contributed by atoms with E-state index in [4.69, 9.17) is 11.5 Å². The van der Waals surface area contributed by atoms with Gasteiger partial charge in [0.2, 0.25) is 5.96 Å². The van der Waals surface area contributed by atoms with Gasteiger partial charge in [-0.25, -0.2) is 0 Å². The Labute approximate surface area is 172 Å². The summed E-state index contributed by atoms with van der Waals surface area (Å²) in [5, 5.41) is 12.5. The Morgan fingerprint density at radius 2 is 1.63 bits per heavy atom. The maximum absolute atomic E-state index is 12.6. The van der Waals surface area contributed by atoms with Gasteiger partial charge in [0.25, 0.3) is 15.9 Å². The topological polar surface area (TPSA) is 171 Å². The number of aryl methyl sites for hydroxylation is 1. The van der Waals surface area contributed by atoms with Crippen molar-refractivity contribution in [2.75, 3.05) is 0 Å². The van der Waals surface area contributed by atoms with Crippen LogP contribution in [0.15, 0.2) is 68.3 Å². The van der Waals surface area contributed by atoms with Gasteiger partial charge in [-0.15, -0.1) is 9.51 Å². The molecule has 0 aliphatic carbocycles. The molecule has 3 aromatic rings. The van der Waals surface area contributed by atoms with Gasteiger partial charge in [-0.3, -0.25) is 9.78 Å². The van der Waals surface area contributed by atoms with Crippen LogP contribution in [-0.4, -0.2) is 35.0 Å². The van der Waals surface area contributed by atoms with Crippen molar-refractivity contribution in [3.05, 3.63) is 65.7 Å². The lowest BCUT2D eigenvalue weighted by Gasteiger charge is -2.02. The van der Waals surface area contributed by atoms with Gasteiger partial charge in [-0.1, -0.05) is 0 Å². The van der Waals surface area contributed by atoms with Crippen molar-refractivity contribution in [2.45, 2.75) is 18.7 Å². The fourth-order valence-electron chi connectivity index (χ4n) is 2.58. The molecule has 0 bridgehead atoms. The second kappa shape index (κ2) is 8.21. The van der Waals surface area contributed by atoms with E-state index in [0.29, 0.717) is 28.3 Å². The molecule has 0 atom stereocenters. The molecule has 12 heteroatoms. The molecular weight excluding hydrogens is 408 g/mol. The van der Waals surface area contributed by atoms with Gasteiger partial charge in [0.1, 0.15) is 5.69 Å². The average Bonchev–Trinajstić information content (AvgIpc) is 2.99. The van der Waals surface area contributed by atoms with E-state index >= 15 is 0 Å². The van der Waals surface area contributed by atoms with Crippen LogP contribution in [0.5, 0.6) is 0 Å². The van der Waals surface area contributed by atoms with E-state index in [9.17, 15) is 13.2 Å². The molecule has 0 amide bonds. The highest BCUT2D eigenvalue weighted by molar-refractivity contribution is 7.90. The van der Waals surface area contributed by atoms with Gasteiger partial charge in [-0.05, 0) is 50.2 Å². The number of pyridine rings is 1. The molecule has 2 aromatic heterocycles. The zero-order valence-corrected chi connectivity index (χ0v) is 16.9. The maximum Gasteiger partial charge on any atom is 0.285 e. The summed E-state index contributed by atoms with van der Waals surface area (Å²) in [4.78, 5) is 16.4. The van der Waals surface area contributed by atoms with Crippen LogP contribution in [-0.2, 0) is 10.0 Å². The van der Waals surface area contributed by atoms with Crippen molar-refractivity contribution in [2.24, 2.45) is 26.1 Å². The fourth-order valence-corrected chi connectivity index (χ4v) is 3.44. The van der Waals surface area contributed by atoms with Crippen LogP contribution in [0.3, 0.4) is 0 Å². The number of sulfonamides is 1. The number of nitrogens with two attached hydrogens (primary N) is 2. The summed E-state index contributed by atoms with van der Waals surface area (Å²) in [5.41, 5.74) is 12.6. The zero-order valence-electron chi connectivity index (χ0n) is 16.1. The summed E-state index contributed by atoms with van der Waals surface area (Å²) >= 11 is 0. The van der Waals surface area contributed by atoms with E-state index in [0.717, 1.165) is 0 Å². The van der Waals surface area contributed by atoms with Gasteiger partial charge < -0.3 is 11.5 Å². The fraction of sp³-hybridized carbons (Fsp3) is 0.111. The van der Waals surface area contributed by atoms with Crippen molar-refractivity contribution < 1.29 is 13.2 Å². The first kappa shape index (κ1) is 20.8. The van der Waals surface area contributed by atoms with Gasteiger partial charge in [0, 0.05) is 18.0 Å². The molecule has 0 saturated heterocycles. The highest BCUT2D eigenvalue weighted by atomic mass is 32.2. The smallest absolute Gasteiger partial charge is 0.285 e. The van der Waals surface area contributed by atoms with Crippen molar-refractivity contribution in [1.82, 2.24) is 14.8 Å². The number of carbonyl (C=O) groups is 1. The molecule has 2 heterocycles. The third-order valence-corrected chi connectivity index (χ3v) is 5.32. The van der Waals surface area contributed by atoms with Crippen molar-refractivity contribution in [3.63, 3.8) is 0 Å². The Kier molecular flexibility index (Phi) is 5.69. The zero-order chi connectivity index (χ0) is 21.9. The van der Waals surface area contributed by atoms with Crippen molar-refractivity contribution >= 4 is 33.3 Å². The average molecular weight is 426 g/mol. The maximum atomic E-state index is 12.6. The largest absolute Gasteiger partial charge is 0.369 e. The van der Waals surface area contributed by atoms with Crippen LogP contribution in [0.1, 0.15) is 21.7 Å². The third-order valence-electron chi connectivity index (χ3n) is 4.00. The molecule has 11 nitrogen and oxygen atoms in total. The SMILES string of the molecule is Cc1nn(C(=O)c2ccncc2)c(C)c1N=Nc1ccc(S(=O)(=O)N=C(N)N)cc1. The lowest BCUT2D eigenvalue weighted by atomic mass is 10.2. The Morgan fingerprint density at radius 1 is 1.00 bits per heavy atom. The molecule has 1 aromatic carbocycles. The summed E-state index contributed by atoms with van der Waals surface area (Å²) in [6, 6.07) is 8.72. The molecule has 3 rings (SSSR count). The van der Waals surface area contributed by atoms with Gasteiger partial charge in [0.15, 0.2) is 0 Å². The van der Waals surface area contributed by atoms with E-state index in [1.807, 2.05) is 0 Å². The minimum absolute atomic E-state index is 0.0852. The first-order chi connectivity index (χ1) is 14.2. The number of benzene rings is 1. The number of hydrogen-bond donors (Lipinski definition) is 2. The van der Waals surface area contributed by atoms with Crippen LogP contribution in [0.25, 0.3) is 0 Å². The Morgan fingerprint density at radius 3 is 2.23 bits per heavy atom. The number of azo groups is 1. The highest BCUT2D eigenvalue weighted by Crippen LogP contribution is 2.27. The number of aromatic nitrogens is 3. The Bertz CT molecular complexity index is 1240. The molecule has 0 unspecified atom stereocenters. The van der Waals surface area contributed by atoms with Crippen LogP contribution in [0.4, 0.5) is 11.4 Å². The van der Waals surface area contributed by atoms with Gasteiger partial charge in [-0.2, -0.15) is 23.3 Å². The normalized spacial score (nSPS) is 11.5. The molecular formula is C18H18N8O3S. The summed E-state index contributed by atoms with van der Waals surface area (Å²) in [7, 11) is -3.98. The quantitative estimate of drug-likeness (QED) is 0.356. The number of rotatable bonds is 5. The summed E-state index contributed by atoms with van der Waals surface area (Å²) < 4.78 is 28.4. The monoisotopic (exact) mass is 426 g/mol. The van der Waals surface area contributed by atoms with Crippen LogP contribution in [0, 0.1) is 13.8 Å². The summed E-state index contributed by atoms with van der Waals surface area (Å²) in [6.07, 6.45) is 3.05. The Hall–Kier alpha value is -3.93. The predicted octanol–water partition coefficient (Wildman–Crippen LogP) is 1.96. The highest BCUT2D eigenvalue weighted by Gasteiger charge is 2.18. The molecule has 30 heavy (non-hydrogen) atoms. The predicted molar refractivity (Wildman–Crippen MR) is 109 cm³/mol. The van der Waals surface area contributed by atoms with Crippen LogP contribution < -0.4 is 11.5 Å². The molecule has 0 radical (unpaired) electrons. The molecule has 0 spiro atoms. The van der Waals surface area contributed by atoms with Crippen LogP contribution in [0.2, 0.25) is 0 Å². The number of guanidine groups is 1. The van der Waals surface area contributed by atoms with Crippen LogP contribution >= 0.6 is 0 Å². The summed E-state index contributed by atoms with van der Waals surface area (Å²) in [5.74, 6) is -0.864. The minimum atomic E-state index is -3.98. The first-order valence-electron chi connectivity index (χ1n) is 8.57. The van der Waals surface area contributed by atoms with E-state index in [-0.39, 0.29) is 10.8 Å². The lowest BCUT2D eigenvalue weighted by Crippen LogP contribution is -2.24. The van der Waals surface area contributed by atoms with E-state index in [1.165, 1.54) is 41.3 Å². The molecule has 154 valence electrons. The number of carbonyl (C=O) groups excluding carboxylic acids is 1. The molecule has 4 N–H and O–H groups in total. The first-order valence-corrected chi connectivity index (χ1v) is 10.0. The standard InChI is InChI=1S/C18H18N8O3S/c1-11-16(12(2)26(24-11)17(27)13-7-9-21-10-8-13)23-22-14-3-5-15(6-4-14)30(28,29)25-18(19)20/h3-10H,1-2H3,(H4,19,20,25). The van der Waals surface area contributed by atoms with E-state index in [1.54, 1.807) is 26.0 Å². The van der Waals surface area contributed by atoms with Gasteiger partial charge >= 0.3 is 0 Å². The van der Waals surface area contributed by atoms with Crippen molar-refractivity contribution in [3.8, 4) is 0 Å². The van der Waals surface area contributed by atoms with E-state index < -0.39 is 16.0 Å². The number of nitrogens with zero attached hydrogens (tertiary/aromatic N) is 6. The number of hydrogen-bond acceptors (Lipinski definition) is 7. The summed E-state index contributed by atoms with van der Waals surface area (Å²) in [6.45, 7) is 3.42. The second-order valence-corrected chi connectivity index (χ2v) is 7.76. The minimum Gasteiger partial charge on any atom is -0.369 e. The molecule has 0 aliphatic heterocycles. The lowest BCUT2D eigenvalue weighted by molar-refractivity contribution is 0.0942. The molecule has 0 saturated carbocycles. The molecule has 0 fully saturated rings. The van der Waals surface area contributed by atoms with E-state index in [2.05, 4.69) is 24.7 Å². The van der Waals surface area contributed by atoms with Gasteiger partial charge in [0.05, 0.1) is 22.0 Å². The molecule has 0 aliphatic rings. The third kappa shape index (κ3) is 4.38. The second-order valence-electron chi connectivity index (χ2n) is 6.16. The Balaban J connectivity index is 1.86.